The standard InChI is InChI=1S/C29H26Si/c1-30(2)26-14-8-7-13-23(26)28-24-16-15-20-19-10-4-3-9-18(19)17-25(20)27(24)21-11-5-6-12-22(21)29(28)30/h3,5,7-9,11,13-16H,4,6,10,12,17H2,1-2H3. The summed E-state index contributed by atoms with van der Waals surface area (Å²) in [5.41, 5.74) is 12.6. The van der Waals surface area contributed by atoms with E-state index < -0.39 is 8.07 Å². The van der Waals surface area contributed by atoms with E-state index in [2.05, 4.69) is 73.8 Å². The van der Waals surface area contributed by atoms with E-state index in [-0.39, 0.29) is 0 Å². The molecule has 0 aromatic heterocycles. The van der Waals surface area contributed by atoms with Gasteiger partial charge in [-0.3, -0.25) is 0 Å². The molecule has 3 aliphatic carbocycles. The van der Waals surface area contributed by atoms with Crippen LogP contribution in [0.25, 0.3) is 33.5 Å². The Morgan fingerprint density at radius 2 is 1.63 bits per heavy atom. The first-order valence-electron chi connectivity index (χ1n) is 11.5. The van der Waals surface area contributed by atoms with Crippen molar-refractivity contribution in [2.75, 3.05) is 0 Å². The second-order valence-electron chi connectivity index (χ2n) is 9.89. The number of rotatable bonds is 0. The van der Waals surface area contributed by atoms with Gasteiger partial charge in [0.15, 0.2) is 0 Å². The zero-order valence-electron chi connectivity index (χ0n) is 17.8. The summed E-state index contributed by atoms with van der Waals surface area (Å²) in [5, 5.41) is 6.42. The van der Waals surface area contributed by atoms with Crippen molar-refractivity contribution >= 4 is 40.9 Å². The SMILES string of the molecule is C[Si]1(C)c2ccccc2-c2c1c1c(c3c4c(ccc23)C2=C(C=CCC2)C4)C=CCC1. The van der Waals surface area contributed by atoms with Crippen LogP contribution in [-0.2, 0) is 12.8 Å². The van der Waals surface area contributed by atoms with E-state index in [0.717, 1.165) is 6.42 Å². The molecule has 1 aliphatic heterocycles. The van der Waals surface area contributed by atoms with Crippen LogP contribution < -0.4 is 10.4 Å². The van der Waals surface area contributed by atoms with E-state index in [1.807, 2.05) is 0 Å². The lowest BCUT2D eigenvalue weighted by molar-refractivity contribution is 0.996. The molecular weight excluding hydrogens is 376 g/mol. The number of allylic oxidation sites excluding steroid dienone is 5. The molecule has 0 radical (unpaired) electrons. The Labute approximate surface area is 179 Å². The van der Waals surface area contributed by atoms with Crippen molar-refractivity contribution in [1.82, 2.24) is 0 Å². The normalized spacial score (nSPS) is 19.5. The highest BCUT2D eigenvalue weighted by molar-refractivity contribution is 7.04. The van der Waals surface area contributed by atoms with Crippen molar-refractivity contribution in [2.24, 2.45) is 0 Å². The molecule has 0 saturated heterocycles. The predicted molar refractivity (Wildman–Crippen MR) is 132 cm³/mol. The van der Waals surface area contributed by atoms with E-state index in [1.165, 1.54) is 42.2 Å². The minimum atomic E-state index is -1.69. The van der Waals surface area contributed by atoms with Crippen molar-refractivity contribution in [2.45, 2.75) is 45.2 Å². The summed E-state index contributed by atoms with van der Waals surface area (Å²) < 4.78 is 0. The Morgan fingerprint density at radius 3 is 2.57 bits per heavy atom. The zero-order valence-corrected chi connectivity index (χ0v) is 18.8. The molecular formula is C29H26Si. The van der Waals surface area contributed by atoms with Gasteiger partial charge in [0.2, 0.25) is 0 Å². The van der Waals surface area contributed by atoms with Crippen LogP contribution in [0.2, 0.25) is 13.1 Å². The Hall–Kier alpha value is -2.64. The van der Waals surface area contributed by atoms with Crippen molar-refractivity contribution in [3.63, 3.8) is 0 Å². The highest BCUT2D eigenvalue weighted by Gasteiger charge is 2.41. The summed E-state index contributed by atoms with van der Waals surface area (Å²) in [4.78, 5) is 0. The number of hydrogen-bond donors (Lipinski definition) is 0. The van der Waals surface area contributed by atoms with Crippen LogP contribution in [0.3, 0.4) is 0 Å². The second-order valence-corrected chi connectivity index (χ2v) is 14.2. The van der Waals surface area contributed by atoms with Crippen LogP contribution in [0.1, 0.15) is 41.5 Å². The maximum atomic E-state index is 2.57. The van der Waals surface area contributed by atoms with Gasteiger partial charge >= 0.3 is 0 Å². The molecule has 1 heterocycles. The van der Waals surface area contributed by atoms with Crippen molar-refractivity contribution in [1.29, 1.82) is 0 Å². The van der Waals surface area contributed by atoms with Crippen LogP contribution in [0.4, 0.5) is 0 Å². The molecule has 0 spiro atoms. The van der Waals surface area contributed by atoms with E-state index in [0.29, 0.717) is 0 Å². The molecule has 30 heavy (non-hydrogen) atoms. The smallest absolute Gasteiger partial charge is 0.0839 e. The Morgan fingerprint density at radius 1 is 0.800 bits per heavy atom. The second kappa shape index (κ2) is 5.74. The van der Waals surface area contributed by atoms with Gasteiger partial charge in [-0.1, -0.05) is 73.8 Å². The minimum Gasteiger partial charge on any atom is -0.0839 e. The lowest BCUT2D eigenvalue weighted by Gasteiger charge is -2.27. The van der Waals surface area contributed by atoms with Gasteiger partial charge in [0.25, 0.3) is 0 Å². The molecule has 0 saturated carbocycles. The van der Waals surface area contributed by atoms with E-state index in [4.69, 9.17) is 0 Å². The predicted octanol–water partition coefficient (Wildman–Crippen LogP) is 6.26. The maximum Gasteiger partial charge on any atom is 0.114 e. The van der Waals surface area contributed by atoms with Crippen molar-refractivity contribution < 1.29 is 0 Å². The fourth-order valence-electron chi connectivity index (χ4n) is 6.80. The lowest BCUT2D eigenvalue weighted by Crippen LogP contribution is -2.51. The molecule has 0 atom stereocenters. The first-order chi connectivity index (χ1) is 14.7. The Bertz CT molecular complexity index is 1380. The summed E-state index contributed by atoms with van der Waals surface area (Å²) in [7, 11) is -1.69. The molecule has 0 fully saturated rings. The fraction of sp³-hybridized carbons (Fsp3) is 0.241. The first-order valence-corrected chi connectivity index (χ1v) is 14.5. The molecule has 0 nitrogen and oxygen atoms in total. The molecule has 3 aromatic rings. The van der Waals surface area contributed by atoms with Crippen LogP contribution >= 0.6 is 0 Å². The summed E-state index contributed by atoms with van der Waals surface area (Å²) >= 11 is 0. The molecule has 146 valence electrons. The highest BCUT2D eigenvalue weighted by Crippen LogP contribution is 2.47. The highest BCUT2D eigenvalue weighted by atomic mass is 28.3. The molecule has 7 rings (SSSR count). The quantitative estimate of drug-likeness (QED) is 0.389. The number of benzene rings is 3. The third-order valence-corrected chi connectivity index (χ3v) is 11.6. The van der Waals surface area contributed by atoms with Gasteiger partial charge in [-0.25, -0.2) is 0 Å². The van der Waals surface area contributed by atoms with Gasteiger partial charge < -0.3 is 0 Å². The third-order valence-electron chi connectivity index (χ3n) is 8.03. The zero-order chi connectivity index (χ0) is 20.0. The Kier molecular flexibility index (Phi) is 3.27. The van der Waals surface area contributed by atoms with Crippen LogP contribution in [0, 0.1) is 0 Å². The monoisotopic (exact) mass is 402 g/mol. The van der Waals surface area contributed by atoms with Gasteiger partial charge in [-0.15, -0.1) is 0 Å². The van der Waals surface area contributed by atoms with Gasteiger partial charge in [0.1, 0.15) is 8.07 Å². The first kappa shape index (κ1) is 17.1. The van der Waals surface area contributed by atoms with E-state index >= 15 is 0 Å². The summed E-state index contributed by atoms with van der Waals surface area (Å²) in [6.07, 6.45) is 15.5. The molecule has 0 unspecified atom stereocenters. The van der Waals surface area contributed by atoms with Gasteiger partial charge in [0.05, 0.1) is 0 Å². The summed E-state index contributed by atoms with van der Waals surface area (Å²) in [5.74, 6) is 0. The lowest BCUT2D eigenvalue weighted by atomic mass is 9.84. The summed E-state index contributed by atoms with van der Waals surface area (Å²) in [6, 6.07) is 14.2. The van der Waals surface area contributed by atoms with E-state index in [1.54, 1.807) is 49.2 Å². The molecule has 0 amide bonds. The fourth-order valence-corrected chi connectivity index (χ4v) is 10.4. The third kappa shape index (κ3) is 1.97. The van der Waals surface area contributed by atoms with Gasteiger partial charge in [0, 0.05) is 0 Å². The Balaban J connectivity index is 1.65. The van der Waals surface area contributed by atoms with Crippen LogP contribution in [0.5, 0.6) is 0 Å². The minimum absolute atomic E-state index is 1.11. The number of fused-ring (bicyclic) bond motifs is 11. The van der Waals surface area contributed by atoms with E-state index in [9.17, 15) is 0 Å². The molecule has 1 heteroatoms. The largest absolute Gasteiger partial charge is 0.114 e. The molecule has 0 N–H and O–H groups in total. The summed E-state index contributed by atoms with van der Waals surface area (Å²) in [6.45, 7) is 5.14. The molecule has 4 aliphatic rings. The van der Waals surface area contributed by atoms with Crippen LogP contribution in [0.15, 0.2) is 60.2 Å². The van der Waals surface area contributed by atoms with Gasteiger partial charge in [-0.05, 0) is 97.8 Å². The molecule has 0 bridgehead atoms. The average Bonchev–Trinajstić information content (AvgIpc) is 3.27. The molecule has 3 aromatic carbocycles. The number of hydrogen-bond acceptors (Lipinski definition) is 0. The van der Waals surface area contributed by atoms with Crippen molar-refractivity contribution in [3.05, 3.63) is 82.5 Å². The van der Waals surface area contributed by atoms with Crippen LogP contribution in [-0.4, -0.2) is 8.07 Å². The van der Waals surface area contributed by atoms with Crippen molar-refractivity contribution in [3.8, 4) is 11.1 Å². The maximum absolute atomic E-state index is 2.57. The average molecular weight is 403 g/mol. The van der Waals surface area contributed by atoms with Gasteiger partial charge in [-0.2, -0.15) is 0 Å². The topological polar surface area (TPSA) is 0 Å².